The van der Waals surface area contributed by atoms with Crippen molar-refractivity contribution in [2.75, 3.05) is 0 Å². The van der Waals surface area contributed by atoms with Gasteiger partial charge in [0.2, 0.25) is 15.9 Å². The molecule has 0 fully saturated rings. The Hall–Kier alpha value is -1.40. The van der Waals surface area contributed by atoms with Crippen LogP contribution in [0.3, 0.4) is 0 Å². The van der Waals surface area contributed by atoms with Gasteiger partial charge in [0.05, 0.1) is 5.75 Å². The first-order valence-electron chi connectivity index (χ1n) is 8.13. The number of carbonyl (C=O) groups is 1. The van der Waals surface area contributed by atoms with Crippen molar-refractivity contribution in [2.45, 2.75) is 58.9 Å². The smallest absolute Gasteiger partial charge is 0.223 e. The highest BCUT2D eigenvalue weighted by Gasteiger charge is 2.17. The summed E-state index contributed by atoms with van der Waals surface area (Å²) < 4.78 is 26.8. The Bertz CT molecular complexity index is 608. The lowest BCUT2D eigenvalue weighted by atomic mass is 10.0. The predicted molar refractivity (Wildman–Crippen MR) is 93.3 cm³/mol. The van der Waals surface area contributed by atoms with Gasteiger partial charge in [-0.2, -0.15) is 0 Å². The van der Waals surface area contributed by atoms with Gasteiger partial charge in [-0.3, -0.25) is 4.79 Å². The molecule has 0 aromatic heterocycles. The van der Waals surface area contributed by atoms with E-state index in [9.17, 15) is 13.2 Å². The zero-order chi connectivity index (χ0) is 17.5. The van der Waals surface area contributed by atoms with Gasteiger partial charge in [-0.15, -0.1) is 0 Å². The molecule has 6 heteroatoms. The maximum atomic E-state index is 12.1. The molecular weight excluding hydrogens is 312 g/mol. The second-order valence-electron chi connectivity index (χ2n) is 6.03. The van der Waals surface area contributed by atoms with Gasteiger partial charge in [-0.25, -0.2) is 13.1 Å². The first kappa shape index (κ1) is 19.6. The van der Waals surface area contributed by atoms with Gasteiger partial charge in [0.25, 0.3) is 0 Å². The molecule has 5 nitrogen and oxygen atoms in total. The number of carbonyl (C=O) groups excluding carboxylic acids is 1. The maximum absolute atomic E-state index is 12.1. The van der Waals surface area contributed by atoms with E-state index in [1.165, 1.54) is 0 Å². The lowest BCUT2D eigenvalue weighted by Crippen LogP contribution is -2.32. The van der Waals surface area contributed by atoms with Crippen molar-refractivity contribution >= 4 is 15.9 Å². The normalized spacial score (nSPS) is 11.9. The first-order chi connectivity index (χ1) is 10.8. The molecule has 0 bridgehead atoms. The highest BCUT2D eigenvalue weighted by Crippen LogP contribution is 2.13. The van der Waals surface area contributed by atoms with E-state index in [0.717, 1.165) is 18.4 Å². The molecule has 0 heterocycles. The van der Waals surface area contributed by atoms with E-state index in [0.29, 0.717) is 12.1 Å². The Labute approximate surface area is 139 Å². The average Bonchev–Trinajstić information content (AvgIpc) is 2.45. The minimum absolute atomic E-state index is 0.00787. The number of amides is 1. The molecule has 130 valence electrons. The molecule has 1 aromatic carbocycles. The number of hydrogen-bond donors (Lipinski definition) is 2. The van der Waals surface area contributed by atoms with Crippen molar-refractivity contribution in [3.8, 4) is 0 Å². The zero-order valence-electron chi connectivity index (χ0n) is 14.4. The predicted octanol–water partition coefficient (Wildman–Crippen LogP) is 2.57. The summed E-state index contributed by atoms with van der Waals surface area (Å²) in [4.78, 5) is 12.1. The van der Waals surface area contributed by atoms with Crippen molar-refractivity contribution in [2.24, 2.45) is 5.92 Å². The van der Waals surface area contributed by atoms with Crippen LogP contribution in [0.4, 0.5) is 0 Å². The van der Waals surface area contributed by atoms with Gasteiger partial charge in [-0.05, 0) is 37.8 Å². The highest BCUT2D eigenvalue weighted by molar-refractivity contribution is 7.88. The summed E-state index contributed by atoms with van der Waals surface area (Å²) in [6, 6.07) is 7.17. The van der Waals surface area contributed by atoms with Crippen LogP contribution in [0.15, 0.2) is 24.3 Å². The molecule has 1 amide bonds. The van der Waals surface area contributed by atoms with Gasteiger partial charge in [-0.1, -0.05) is 38.1 Å². The minimum atomic E-state index is -3.38. The molecule has 0 unspecified atom stereocenters. The zero-order valence-corrected chi connectivity index (χ0v) is 15.2. The summed E-state index contributed by atoms with van der Waals surface area (Å²) in [6.07, 6.45) is 1.60. The molecule has 0 atom stereocenters. The van der Waals surface area contributed by atoms with Crippen LogP contribution in [-0.4, -0.2) is 20.4 Å². The average molecular weight is 340 g/mol. The quantitative estimate of drug-likeness (QED) is 0.725. The Kier molecular flexibility index (Phi) is 7.72. The summed E-state index contributed by atoms with van der Waals surface area (Å²) in [6.45, 7) is 7.92. The van der Waals surface area contributed by atoms with Crippen LogP contribution in [0.5, 0.6) is 0 Å². The summed E-state index contributed by atoms with van der Waals surface area (Å²) >= 11 is 0. The second kappa shape index (κ2) is 9.03. The Morgan fingerprint density at radius 1 is 1.09 bits per heavy atom. The molecule has 0 aliphatic heterocycles. The summed E-state index contributed by atoms with van der Waals surface area (Å²) in [7, 11) is -3.38. The number of hydrogen-bond acceptors (Lipinski definition) is 3. The fraction of sp³-hybridized carbons (Fsp3) is 0.588. The molecule has 1 rings (SSSR count). The molecule has 0 spiro atoms. The third-order valence-electron chi connectivity index (χ3n) is 3.69. The summed E-state index contributed by atoms with van der Waals surface area (Å²) in [5.74, 6) is -0.0520. The van der Waals surface area contributed by atoms with Gasteiger partial charge >= 0.3 is 0 Å². The minimum Gasteiger partial charge on any atom is -0.352 e. The Morgan fingerprint density at radius 2 is 1.65 bits per heavy atom. The lowest BCUT2D eigenvalue weighted by molar-refractivity contribution is -0.125. The molecule has 23 heavy (non-hydrogen) atoms. The first-order valence-corrected chi connectivity index (χ1v) is 9.78. The molecule has 0 radical (unpaired) electrons. The fourth-order valence-corrected chi connectivity index (χ4v) is 3.96. The van der Waals surface area contributed by atoms with Gasteiger partial charge in [0.1, 0.15) is 0 Å². The van der Waals surface area contributed by atoms with E-state index < -0.39 is 10.0 Å². The Balaban J connectivity index is 2.80. The van der Waals surface area contributed by atoms with Crippen LogP contribution in [0.2, 0.25) is 0 Å². The lowest BCUT2D eigenvalue weighted by Gasteiger charge is -2.15. The van der Waals surface area contributed by atoms with Crippen molar-refractivity contribution < 1.29 is 13.2 Å². The summed E-state index contributed by atoms with van der Waals surface area (Å²) in [5, 5.41) is 2.91. The van der Waals surface area contributed by atoms with E-state index in [1.54, 1.807) is 19.9 Å². The molecule has 0 saturated heterocycles. The van der Waals surface area contributed by atoms with Crippen LogP contribution < -0.4 is 10.0 Å². The second-order valence-corrected chi connectivity index (χ2v) is 7.79. The standard InChI is InChI=1S/C17H28N2O3S/c1-5-14(6-2)17(20)18-11-15-9-7-8-10-16(15)12-23(21,22)19-13(3)4/h7-10,13-14,19H,5-6,11-12H2,1-4H3,(H,18,20). The van der Waals surface area contributed by atoms with Crippen LogP contribution >= 0.6 is 0 Å². The third kappa shape index (κ3) is 6.71. The van der Waals surface area contributed by atoms with E-state index in [2.05, 4.69) is 10.0 Å². The van der Waals surface area contributed by atoms with E-state index in [1.807, 2.05) is 32.0 Å². The van der Waals surface area contributed by atoms with Crippen molar-refractivity contribution in [1.29, 1.82) is 0 Å². The number of nitrogens with one attached hydrogen (secondary N) is 2. The molecule has 0 aliphatic rings. The highest BCUT2D eigenvalue weighted by atomic mass is 32.2. The van der Waals surface area contributed by atoms with Crippen LogP contribution in [0.25, 0.3) is 0 Å². The fourth-order valence-electron chi connectivity index (χ4n) is 2.46. The monoisotopic (exact) mass is 340 g/mol. The van der Waals surface area contributed by atoms with Gasteiger partial charge < -0.3 is 5.32 Å². The van der Waals surface area contributed by atoms with Crippen molar-refractivity contribution in [3.63, 3.8) is 0 Å². The summed E-state index contributed by atoms with van der Waals surface area (Å²) in [5.41, 5.74) is 1.55. The van der Waals surface area contributed by atoms with E-state index in [-0.39, 0.29) is 23.6 Å². The van der Waals surface area contributed by atoms with Crippen molar-refractivity contribution in [3.05, 3.63) is 35.4 Å². The van der Waals surface area contributed by atoms with E-state index >= 15 is 0 Å². The Morgan fingerprint density at radius 3 is 2.17 bits per heavy atom. The topological polar surface area (TPSA) is 75.3 Å². The van der Waals surface area contributed by atoms with Gasteiger partial charge in [0.15, 0.2) is 0 Å². The molecule has 0 saturated carbocycles. The molecular formula is C17H28N2O3S. The number of sulfonamides is 1. The van der Waals surface area contributed by atoms with Crippen LogP contribution in [0, 0.1) is 5.92 Å². The molecule has 2 N–H and O–H groups in total. The molecule has 1 aromatic rings. The van der Waals surface area contributed by atoms with E-state index in [4.69, 9.17) is 0 Å². The van der Waals surface area contributed by atoms with Crippen LogP contribution in [-0.2, 0) is 27.1 Å². The van der Waals surface area contributed by atoms with Gasteiger partial charge in [0, 0.05) is 18.5 Å². The third-order valence-corrected chi connectivity index (χ3v) is 5.21. The molecule has 0 aliphatic carbocycles. The number of rotatable bonds is 9. The SMILES string of the molecule is CCC(CC)C(=O)NCc1ccccc1CS(=O)(=O)NC(C)C. The number of benzene rings is 1. The maximum Gasteiger partial charge on any atom is 0.223 e. The van der Waals surface area contributed by atoms with Crippen LogP contribution in [0.1, 0.15) is 51.7 Å². The van der Waals surface area contributed by atoms with Crippen molar-refractivity contribution in [1.82, 2.24) is 10.0 Å². The largest absolute Gasteiger partial charge is 0.352 e.